The first-order valence-corrected chi connectivity index (χ1v) is 5.42. The zero-order valence-corrected chi connectivity index (χ0v) is 9.11. The number of piperidine rings is 1. The predicted molar refractivity (Wildman–Crippen MR) is 61.6 cm³/mol. The number of hydrogen-bond donors (Lipinski definition) is 1. The van der Waals surface area contributed by atoms with Gasteiger partial charge in [0.15, 0.2) is 0 Å². The van der Waals surface area contributed by atoms with Crippen molar-refractivity contribution in [1.82, 2.24) is 4.90 Å². The molecule has 1 heterocycles. The van der Waals surface area contributed by atoms with Crippen LogP contribution in [0.1, 0.15) is 12.8 Å². The highest BCUT2D eigenvalue weighted by Crippen LogP contribution is 2.30. The molecule has 80 valence electrons. The van der Waals surface area contributed by atoms with Crippen molar-refractivity contribution in [2.24, 2.45) is 0 Å². The number of hydrogen-bond acceptors (Lipinski definition) is 2. The Labute approximate surface area is 90.9 Å². The van der Waals surface area contributed by atoms with Crippen molar-refractivity contribution in [1.29, 1.82) is 0 Å². The van der Waals surface area contributed by atoms with E-state index in [0.29, 0.717) is 0 Å². The molecule has 0 atom stereocenters. The van der Waals surface area contributed by atoms with E-state index in [9.17, 15) is 5.11 Å². The molecule has 2 nitrogen and oxygen atoms in total. The molecule has 2 aliphatic rings. The lowest BCUT2D eigenvalue weighted by atomic mass is 9.84. The average Bonchev–Trinajstić information content (AvgIpc) is 2.51. The Morgan fingerprint density at radius 3 is 2.80 bits per heavy atom. The molecule has 0 radical (unpaired) electrons. The number of rotatable bonds is 1. The Kier molecular flexibility index (Phi) is 2.92. The van der Waals surface area contributed by atoms with Crippen molar-refractivity contribution in [3.05, 3.63) is 41.7 Å². The fraction of sp³-hybridized carbons (Fsp3) is 0.462. The number of nitrogens with zero attached hydrogens (tertiary/aromatic N) is 1. The lowest BCUT2D eigenvalue weighted by molar-refractivity contribution is 0.0193. The minimum absolute atomic E-state index is 0.640. The quantitative estimate of drug-likeness (QED) is 0.655. The predicted octanol–water partition coefficient (Wildman–Crippen LogP) is 1.65. The summed E-state index contributed by atoms with van der Waals surface area (Å²) in [5, 5.41) is 10.5. The van der Waals surface area contributed by atoms with E-state index in [1.165, 1.54) is 0 Å². The van der Waals surface area contributed by atoms with Gasteiger partial charge in [-0.05, 0) is 43.7 Å². The highest BCUT2D eigenvalue weighted by atomic mass is 16.3. The van der Waals surface area contributed by atoms with Gasteiger partial charge in [-0.2, -0.15) is 0 Å². The third kappa shape index (κ3) is 2.29. The van der Waals surface area contributed by atoms with E-state index in [1.807, 2.05) is 30.4 Å². The van der Waals surface area contributed by atoms with E-state index in [2.05, 4.69) is 17.7 Å². The molecule has 1 saturated heterocycles. The Morgan fingerprint density at radius 1 is 1.33 bits per heavy atom. The van der Waals surface area contributed by atoms with Gasteiger partial charge in [0.2, 0.25) is 0 Å². The van der Waals surface area contributed by atoms with Gasteiger partial charge in [-0.15, -0.1) is 5.73 Å². The third-order valence-corrected chi connectivity index (χ3v) is 3.18. The van der Waals surface area contributed by atoms with Gasteiger partial charge < -0.3 is 10.0 Å². The molecule has 0 aromatic heterocycles. The summed E-state index contributed by atoms with van der Waals surface area (Å²) in [6, 6.07) is 0. The van der Waals surface area contributed by atoms with Crippen LogP contribution in [0.2, 0.25) is 0 Å². The first kappa shape index (κ1) is 10.4. The number of aliphatic hydroxyl groups is 1. The highest BCUT2D eigenvalue weighted by Gasteiger charge is 2.33. The summed E-state index contributed by atoms with van der Waals surface area (Å²) in [6.07, 6.45) is 11.2. The molecule has 2 heteroatoms. The van der Waals surface area contributed by atoms with Crippen LogP contribution in [-0.2, 0) is 0 Å². The second-order valence-corrected chi connectivity index (χ2v) is 4.32. The topological polar surface area (TPSA) is 23.5 Å². The normalized spacial score (nSPS) is 25.1. The molecule has 1 aliphatic heterocycles. The van der Waals surface area contributed by atoms with Gasteiger partial charge in [-0.25, -0.2) is 0 Å². The Bertz CT molecular complexity index is 351. The SMILES string of the molecule is CN1CCC(O)(C2=CC=C=CC=C2)CC1. The van der Waals surface area contributed by atoms with Crippen molar-refractivity contribution in [3.63, 3.8) is 0 Å². The van der Waals surface area contributed by atoms with Crippen LogP contribution in [0.15, 0.2) is 41.7 Å². The van der Waals surface area contributed by atoms with Crippen LogP contribution in [0.25, 0.3) is 0 Å². The standard InChI is InChI=1S/C13H17NO/c1-14-10-8-13(15,9-11-14)12-6-4-2-3-5-7-12/h2,4-7,15H,8-11H2,1H3. The van der Waals surface area contributed by atoms with Gasteiger partial charge >= 0.3 is 0 Å². The van der Waals surface area contributed by atoms with Crippen molar-refractivity contribution in [2.45, 2.75) is 18.4 Å². The van der Waals surface area contributed by atoms with E-state index >= 15 is 0 Å². The molecule has 2 rings (SSSR count). The summed E-state index contributed by atoms with van der Waals surface area (Å²) >= 11 is 0. The molecule has 0 aromatic carbocycles. The Hall–Kier alpha value is -1.08. The molecule has 0 bridgehead atoms. The Morgan fingerprint density at radius 2 is 2.07 bits per heavy atom. The second kappa shape index (κ2) is 4.19. The summed E-state index contributed by atoms with van der Waals surface area (Å²) in [5.41, 5.74) is 3.38. The van der Waals surface area contributed by atoms with Crippen molar-refractivity contribution in [2.75, 3.05) is 20.1 Å². The molecular formula is C13H17NO. The van der Waals surface area contributed by atoms with E-state index in [1.54, 1.807) is 0 Å². The van der Waals surface area contributed by atoms with Crippen LogP contribution in [0.3, 0.4) is 0 Å². The number of allylic oxidation sites excluding steroid dienone is 3. The third-order valence-electron chi connectivity index (χ3n) is 3.18. The fourth-order valence-electron chi connectivity index (χ4n) is 2.04. The van der Waals surface area contributed by atoms with Crippen molar-refractivity contribution in [3.8, 4) is 0 Å². The van der Waals surface area contributed by atoms with Crippen LogP contribution in [0, 0.1) is 0 Å². The molecule has 0 spiro atoms. The molecule has 0 aromatic rings. The molecule has 0 unspecified atom stereocenters. The van der Waals surface area contributed by atoms with E-state index in [0.717, 1.165) is 31.5 Å². The summed E-state index contributed by atoms with van der Waals surface area (Å²) in [7, 11) is 2.10. The van der Waals surface area contributed by atoms with Crippen LogP contribution in [-0.4, -0.2) is 35.7 Å². The summed E-state index contributed by atoms with van der Waals surface area (Å²) < 4.78 is 0. The van der Waals surface area contributed by atoms with Gasteiger partial charge in [0, 0.05) is 13.1 Å². The van der Waals surface area contributed by atoms with Gasteiger partial charge in [0.05, 0.1) is 5.60 Å². The molecule has 1 aliphatic carbocycles. The van der Waals surface area contributed by atoms with Crippen LogP contribution >= 0.6 is 0 Å². The van der Waals surface area contributed by atoms with Gasteiger partial charge in [0.25, 0.3) is 0 Å². The minimum Gasteiger partial charge on any atom is -0.385 e. The zero-order valence-electron chi connectivity index (χ0n) is 9.11. The summed E-state index contributed by atoms with van der Waals surface area (Å²) in [4.78, 5) is 2.25. The van der Waals surface area contributed by atoms with Crippen LogP contribution in [0.5, 0.6) is 0 Å². The summed E-state index contributed by atoms with van der Waals surface area (Å²) in [5.74, 6) is 0. The number of likely N-dealkylation sites (tertiary alicyclic amines) is 1. The van der Waals surface area contributed by atoms with E-state index in [-0.39, 0.29) is 0 Å². The van der Waals surface area contributed by atoms with Gasteiger partial charge in [0.1, 0.15) is 0 Å². The zero-order chi connectivity index (χ0) is 10.7. The lowest BCUT2D eigenvalue weighted by Crippen LogP contribution is -2.43. The fourth-order valence-corrected chi connectivity index (χ4v) is 2.04. The first-order valence-electron chi connectivity index (χ1n) is 5.42. The van der Waals surface area contributed by atoms with Gasteiger partial charge in [-0.3, -0.25) is 0 Å². The maximum atomic E-state index is 10.5. The average molecular weight is 203 g/mol. The monoisotopic (exact) mass is 203 g/mol. The summed E-state index contributed by atoms with van der Waals surface area (Å²) in [6.45, 7) is 1.91. The molecular weight excluding hydrogens is 186 g/mol. The second-order valence-electron chi connectivity index (χ2n) is 4.32. The Balaban J connectivity index is 2.16. The lowest BCUT2D eigenvalue weighted by Gasteiger charge is -2.37. The molecule has 0 saturated carbocycles. The smallest absolute Gasteiger partial charge is 0.0921 e. The largest absolute Gasteiger partial charge is 0.385 e. The molecule has 15 heavy (non-hydrogen) atoms. The van der Waals surface area contributed by atoms with Crippen molar-refractivity contribution < 1.29 is 5.11 Å². The molecule has 1 N–H and O–H groups in total. The van der Waals surface area contributed by atoms with Gasteiger partial charge in [-0.1, -0.05) is 12.2 Å². The first-order chi connectivity index (χ1) is 7.21. The van der Waals surface area contributed by atoms with E-state index in [4.69, 9.17) is 0 Å². The van der Waals surface area contributed by atoms with Crippen LogP contribution in [0.4, 0.5) is 0 Å². The maximum Gasteiger partial charge on any atom is 0.0921 e. The minimum atomic E-state index is -0.640. The van der Waals surface area contributed by atoms with E-state index < -0.39 is 5.60 Å². The molecule has 1 fully saturated rings. The highest BCUT2D eigenvalue weighted by molar-refractivity contribution is 5.36. The van der Waals surface area contributed by atoms with Crippen LogP contribution < -0.4 is 0 Å². The van der Waals surface area contributed by atoms with Crippen molar-refractivity contribution >= 4 is 0 Å². The maximum absolute atomic E-state index is 10.5. The molecule has 0 amide bonds.